The summed E-state index contributed by atoms with van der Waals surface area (Å²) in [7, 11) is -2.50. The summed E-state index contributed by atoms with van der Waals surface area (Å²) >= 11 is 0. The molecule has 1 aliphatic heterocycles. The maximum Gasteiger partial charge on any atom is 0.264 e. The van der Waals surface area contributed by atoms with E-state index >= 15 is 0 Å². The molecule has 0 fully saturated rings. The molecule has 0 bridgehead atoms. The van der Waals surface area contributed by atoms with Gasteiger partial charge in [-0.25, -0.2) is 8.42 Å². The van der Waals surface area contributed by atoms with Crippen LogP contribution in [0.15, 0.2) is 77.7 Å². The van der Waals surface area contributed by atoms with Gasteiger partial charge >= 0.3 is 0 Å². The molecule has 3 aromatic carbocycles. The van der Waals surface area contributed by atoms with Crippen molar-refractivity contribution in [3.8, 4) is 17.2 Å². The first-order valence-corrected chi connectivity index (χ1v) is 12.2. The topological polar surface area (TPSA) is 94.2 Å². The van der Waals surface area contributed by atoms with Gasteiger partial charge in [-0.2, -0.15) is 0 Å². The van der Waals surface area contributed by atoms with E-state index in [2.05, 4.69) is 5.32 Å². The van der Waals surface area contributed by atoms with Crippen molar-refractivity contribution in [3.63, 3.8) is 0 Å². The van der Waals surface area contributed by atoms with Crippen LogP contribution in [0.4, 0.5) is 5.69 Å². The molecule has 0 unspecified atom stereocenters. The quantitative estimate of drug-likeness (QED) is 0.528. The number of nitrogens with zero attached hydrogens (tertiary/aromatic N) is 1. The average molecular weight is 483 g/mol. The summed E-state index contributed by atoms with van der Waals surface area (Å²) in [6.07, 6.45) is 0. The highest BCUT2D eigenvalue weighted by molar-refractivity contribution is 7.92. The molecule has 4 rings (SSSR count). The van der Waals surface area contributed by atoms with Crippen molar-refractivity contribution in [2.75, 3.05) is 31.2 Å². The van der Waals surface area contributed by atoms with Crippen LogP contribution in [0.3, 0.4) is 0 Å². The Morgan fingerprint density at radius 2 is 1.68 bits per heavy atom. The fourth-order valence-electron chi connectivity index (χ4n) is 3.61. The smallest absolute Gasteiger partial charge is 0.264 e. The first kappa shape index (κ1) is 23.4. The van der Waals surface area contributed by atoms with Crippen LogP contribution in [0, 0.1) is 0 Å². The normalized spacial score (nSPS) is 13.6. The van der Waals surface area contributed by atoms with E-state index < -0.39 is 15.9 Å². The molecule has 9 heteroatoms. The Bertz CT molecular complexity index is 1250. The number of benzene rings is 3. The maximum atomic E-state index is 13.5. The average Bonchev–Trinajstić information content (AvgIpc) is 2.87. The Labute approximate surface area is 199 Å². The van der Waals surface area contributed by atoms with E-state index in [-0.39, 0.29) is 17.5 Å². The van der Waals surface area contributed by atoms with Gasteiger partial charge in [0.05, 0.1) is 23.7 Å². The lowest BCUT2D eigenvalue weighted by Crippen LogP contribution is -2.41. The zero-order chi connectivity index (χ0) is 24.1. The van der Waals surface area contributed by atoms with Crippen molar-refractivity contribution < 1.29 is 27.4 Å². The molecule has 0 radical (unpaired) electrons. The van der Waals surface area contributed by atoms with E-state index in [1.165, 1.54) is 19.2 Å². The Balaban J connectivity index is 1.55. The lowest BCUT2D eigenvalue weighted by atomic mass is 10.1. The molecule has 178 valence electrons. The van der Waals surface area contributed by atoms with Gasteiger partial charge in [0.25, 0.3) is 10.0 Å². The Morgan fingerprint density at radius 1 is 1.00 bits per heavy atom. The van der Waals surface area contributed by atoms with Gasteiger partial charge in [-0.3, -0.25) is 9.10 Å². The molecule has 1 amide bonds. The van der Waals surface area contributed by atoms with E-state index in [1.54, 1.807) is 48.5 Å². The number of anilines is 1. The highest BCUT2D eigenvalue weighted by Gasteiger charge is 2.28. The Hall–Kier alpha value is -3.72. The number of carbonyl (C=O) groups excluding carboxylic acids is 1. The van der Waals surface area contributed by atoms with Gasteiger partial charge < -0.3 is 19.5 Å². The number of fused-ring (bicyclic) bond motifs is 1. The lowest BCUT2D eigenvalue weighted by molar-refractivity contribution is -0.120. The number of ether oxygens (including phenoxy) is 3. The highest BCUT2D eigenvalue weighted by Crippen LogP contribution is 2.32. The fourth-order valence-corrected chi connectivity index (χ4v) is 5.04. The molecule has 1 aliphatic rings. The largest absolute Gasteiger partial charge is 0.497 e. The highest BCUT2D eigenvalue weighted by atomic mass is 32.2. The van der Waals surface area contributed by atoms with Gasteiger partial charge in [-0.15, -0.1) is 0 Å². The van der Waals surface area contributed by atoms with Crippen LogP contribution < -0.4 is 23.8 Å². The zero-order valence-corrected chi connectivity index (χ0v) is 19.7. The van der Waals surface area contributed by atoms with Crippen LogP contribution in [0.25, 0.3) is 0 Å². The second-order valence-electron chi connectivity index (χ2n) is 7.72. The molecule has 1 heterocycles. The maximum absolute atomic E-state index is 13.5. The summed E-state index contributed by atoms with van der Waals surface area (Å²) in [5, 5.41) is 2.88. The third-order valence-electron chi connectivity index (χ3n) is 5.42. The van der Waals surface area contributed by atoms with Gasteiger partial charge in [0, 0.05) is 0 Å². The minimum Gasteiger partial charge on any atom is -0.497 e. The summed E-state index contributed by atoms with van der Waals surface area (Å²) < 4.78 is 44.3. The minimum absolute atomic E-state index is 0.0600. The molecule has 1 N–H and O–H groups in total. The number of para-hydroxylation sites is 1. The predicted octanol–water partition coefficient (Wildman–Crippen LogP) is 3.54. The first-order chi connectivity index (χ1) is 16.4. The SMILES string of the molecule is COc1ccc(S(=O)(=O)N(CC(=O)N[C@@H](C)c2ccc3c(c2)OCCO3)c2ccccc2)cc1. The number of hydrogen-bond donors (Lipinski definition) is 1. The molecule has 1 atom stereocenters. The van der Waals surface area contributed by atoms with E-state index in [1.807, 2.05) is 19.1 Å². The number of methoxy groups -OCH3 is 1. The monoisotopic (exact) mass is 482 g/mol. The molecule has 0 aromatic heterocycles. The van der Waals surface area contributed by atoms with Crippen molar-refractivity contribution in [2.24, 2.45) is 0 Å². The summed E-state index contributed by atoms with van der Waals surface area (Å²) in [4.78, 5) is 13.0. The Morgan fingerprint density at radius 3 is 2.35 bits per heavy atom. The number of carbonyl (C=O) groups is 1. The lowest BCUT2D eigenvalue weighted by Gasteiger charge is -2.25. The summed E-state index contributed by atoms with van der Waals surface area (Å²) in [6.45, 7) is 2.41. The molecule has 8 nitrogen and oxygen atoms in total. The van der Waals surface area contributed by atoms with Gasteiger partial charge in [-0.1, -0.05) is 24.3 Å². The van der Waals surface area contributed by atoms with E-state index in [0.29, 0.717) is 36.1 Å². The van der Waals surface area contributed by atoms with Crippen LogP contribution in [-0.4, -0.2) is 41.2 Å². The molecule has 0 spiro atoms. The first-order valence-electron chi connectivity index (χ1n) is 10.8. The molecule has 34 heavy (non-hydrogen) atoms. The minimum atomic E-state index is -4.01. The van der Waals surface area contributed by atoms with Crippen LogP contribution in [0.2, 0.25) is 0 Å². The molecule has 3 aromatic rings. The number of amides is 1. The summed E-state index contributed by atoms with van der Waals surface area (Å²) in [5.41, 5.74) is 1.21. The van der Waals surface area contributed by atoms with Gasteiger partial charge in [0.15, 0.2) is 11.5 Å². The third-order valence-corrected chi connectivity index (χ3v) is 7.21. The molecule has 0 saturated heterocycles. The van der Waals surface area contributed by atoms with Crippen molar-refractivity contribution in [1.29, 1.82) is 0 Å². The molecular formula is C25H26N2O6S. The zero-order valence-electron chi connectivity index (χ0n) is 18.9. The summed E-state index contributed by atoms with van der Waals surface area (Å²) in [5.74, 6) is 1.38. The van der Waals surface area contributed by atoms with Crippen LogP contribution in [0.1, 0.15) is 18.5 Å². The van der Waals surface area contributed by atoms with Gasteiger partial charge in [0.2, 0.25) is 5.91 Å². The summed E-state index contributed by atoms with van der Waals surface area (Å²) in [6, 6.07) is 19.7. The fraction of sp³-hybridized carbons (Fsp3) is 0.240. The van der Waals surface area contributed by atoms with Gasteiger partial charge in [-0.05, 0) is 61.0 Å². The second-order valence-corrected chi connectivity index (χ2v) is 9.58. The predicted molar refractivity (Wildman–Crippen MR) is 128 cm³/mol. The number of nitrogens with one attached hydrogen (secondary N) is 1. The van der Waals surface area contributed by atoms with E-state index in [9.17, 15) is 13.2 Å². The third kappa shape index (κ3) is 5.09. The molecular weight excluding hydrogens is 456 g/mol. The second kappa shape index (κ2) is 10.0. The van der Waals surface area contributed by atoms with Crippen molar-refractivity contribution in [1.82, 2.24) is 5.32 Å². The van der Waals surface area contributed by atoms with Crippen LogP contribution in [0.5, 0.6) is 17.2 Å². The van der Waals surface area contributed by atoms with Crippen molar-refractivity contribution in [2.45, 2.75) is 17.9 Å². The van der Waals surface area contributed by atoms with Crippen LogP contribution >= 0.6 is 0 Å². The van der Waals surface area contributed by atoms with Crippen molar-refractivity contribution in [3.05, 3.63) is 78.4 Å². The number of sulfonamides is 1. The molecule has 0 aliphatic carbocycles. The van der Waals surface area contributed by atoms with Gasteiger partial charge in [0.1, 0.15) is 25.5 Å². The van der Waals surface area contributed by atoms with E-state index in [0.717, 1.165) is 9.87 Å². The Kier molecular flexibility index (Phi) is 6.93. The number of hydrogen-bond acceptors (Lipinski definition) is 6. The standard InChI is InChI=1S/C25H26N2O6S/c1-18(19-8-13-23-24(16-19)33-15-14-32-23)26-25(28)17-27(20-6-4-3-5-7-20)34(29,30)22-11-9-21(31-2)10-12-22/h3-13,16,18H,14-15,17H2,1-2H3,(H,26,28)/t18-/m0/s1. The van der Waals surface area contributed by atoms with Crippen LogP contribution in [-0.2, 0) is 14.8 Å². The number of rotatable bonds is 8. The van der Waals surface area contributed by atoms with Crippen molar-refractivity contribution >= 4 is 21.6 Å². The van der Waals surface area contributed by atoms with E-state index in [4.69, 9.17) is 14.2 Å². The molecule has 0 saturated carbocycles.